The number of aliphatic imine (C=N–C) groups is 1. The number of nitrogens with two attached hydrogens (primary N) is 2. The Balaban J connectivity index is 1.63. The highest BCUT2D eigenvalue weighted by Crippen LogP contribution is 2.35. The minimum Gasteiger partial charge on any atom is -0.398 e. The fourth-order valence-electron chi connectivity index (χ4n) is 4.17. The number of carbonyl (C=O) groups is 1. The number of halogens is 3. The van der Waals surface area contributed by atoms with Crippen LogP contribution in [0.5, 0.6) is 0 Å². The third kappa shape index (κ3) is 6.46. The summed E-state index contributed by atoms with van der Waals surface area (Å²) in [7, 11) is 0. The molecule has 1 saturated heterocycles. The van der Waals surface area contributed by atoms with E-state index in [0.29, 0.717) is 23.0 Å². The van der Waals surface area contributed by atoms with Gasteiger partial charge in [0.15, 0.2) is 5.84 Å². The fraction of sp³-hybridized carbons (Fsp3) is 0.259. The SMILES string of the molecule is C=CNc1cnc(N2CCCCC2)nc1C(N)=Nc1cc(C(=O)Nc2ccc(N)c(C(F)(F)F)c2)ccc1C. The van der Waals surface area contributed by atoms with Crippen LogP contribution in [0.4, 0.5) is 41.9 Å². The second-order valence-electron chi connectivity index (χ2n) is 9.08. The van der Waals surface area contributed by atoms with Crippen LogP contribution in [0.15, 0.2) is 60.4 Å². The van der Waals surface area contributed by atoms with Crippen LogP contribution in [-0.2, 0) is 6.18 Å². The largest absolute Gasteiger partial charge is 0.418 e. The van der Waals surface area contributed by atoms with Crippen molar-refractivity contribution in [3.8, 4) is 0 Å². The van der Waals surface area contributed by atoms with Gasteiger partial charge < -0.3 is 27.0 Å². The van der Waals surface area contributed by atoms with Crippen LogP contribution in [0, 0.1) is 6.92 Å². The Bertz CT molecular complexity index is 1410. The van der Waals surface area contributed by atoms with E-state index in [2.05, 4.69) is 37.1 Å². The smallest absolute Gasteiger partial charge is 0.398 e. The number of hydrogen-bond acceptors (Lipinski definition) is 7. The highest BCUT2D eigenvalue weighted by Gasteiger charge is 2.33. The minimum atomic E-state index is -4.65. The lowest BCUT2D eigenvalue weighted by atomic mass is 10.1. The third-order valence-corrected chi connectivity index (χ3v) is 6.24. The van der Waals surface area contributed by atoms with Gasteiger partial charge in [0.05, 0.1) is 23.1 Å². The van der Waals surface area contributed by atoms with Gasteiger partial charge >= 0.3 is 6.18 Å². The molecule has 204 valence electrons. The first-order valence-electron chi connectivity index (χ1n) is 12.3. The van der Waals surface area contributed by atoms with E-state index in [9.17, 15) is 18.0 Å². The molecule has 4 rings (SSSR count). The Labute approximate surface area is 223 Å². The predicted octanol–water partition coefficient (Wildman–Crippen LogP) is 5.22. The molecule has 0 unspecified atom stereocenters. The molecule has 1 aliphatic heterocycles. The number of anilines is 4. The number of nitrogen functional groups attached to an aromatic ring is 1. The van der Waals surface area contributed by atoms with Crippen molar-refractivity contribution in [3.63, 3.8) is 0 Å². The van der Waals surface area contributed by atoms with Gasteiger partial charge in [-0.3, -0.25) is 4.79 Å². The first-order valence-corrected chi connectivity index (χ1v) is 12.3. The molecule has 0 aliphatic carbocycles. The maximum Gasteiger partial charge on any atom is 0.418 e. The molecule has 39 heavy (non-hydrogen) atoms. The van der Waals surface area contributed by atoms with Crippen molar-refractivity contribution in [1.82, 2.24) is 9.97 Å². The number of alkyl halides is 3. The van der Waals surface area contributed by atoms with Crippen molar-refractivity contribution in [2.75, 3.05) is 34.4 Å². The van der Waals surface area contributed by atoms with Gasteiger partial charge in [-0.2, -0.15) is 13.2 Å². The molecule has 1 amide bonds. The quantitative estimate of drug-likeness (QED) is 0.184. The molecule has 0 bridgehead atoms. The summed E-state index contributed by atoms with van der Waals surface area (Å²) in [6.07, 6.45) is 1.71. The topological polar surface area (TPSA) is 135 Å². The molecule has 2 heterocycles. The summed E-state index contributed by atoms with van der Waals surface area (Å²) in [6, 6.07) is 7.92. The monoisotopic (exact) mass is 538 g/mol. The molecule has 0 spiro atoms. The molecule has 1 aliphatic rings. The fourth-order valence-corrected chi connectivity index (χ4v) is 4.17. The summed E-state index contributed by atoms with van der Waals surface area (Å²) < 4.78 is 39.6. The highest BCUT2D eigenvalue weighted by molar-refractivity contribution is 6.06. The zero-order chi connectivity index (χ0) is 28.2. The number of nitrogens with zero attached hydrogens (tertiary/aromatic N) is 4. The summed E-state index contributed by atoms with van der Waals surface area (Å²) in [5, 5.41) is 5.45. The molecule has 3 aromatic rings. The minimum absolute atomic E-state index is 0.0435. The van der Waals surface area contributed by atoms with Crippen molar-refractivity contribution in [2.24, 2.45) is 10.7 Å². The van der Waals surface area contributed by atoms with Crippen molar-refractivity contribution in [3.05, 3.63) is 77.8 Å². The Morgan fingerprint density at radius 2 is 1.90 bits per heavy atom. The summed E-state index contributed by atoms with van der Waals surface area (Å²) in [6.45, 7) is 7.17. The summed E-state index contributed by atoms with van der Waals surface area (Å²) >= 11 is 0. The predicted molar refractivity (Wildman–Crippen MR) is 147 cm³/mol. The number of rotatable bonds is 7. The summed E-state index contributed by atoms with van der Waals surface area (Å²) in [4.78, 5) is 28.6. The molecule has 1 fully saturated rings. The average Bonchev–Trinajstić information content (AvgIpc) is 2.91. The molecule has 2 aromatic carbocycles. The van der Waals surface area contributed by atoms with Crippen LogP contribution >= 0.6 is 0 Å². The lowest BCUT2D eigenvalue weighted by molar-refractivity contribution is -0.136. The number of aromatic nitrogens is 2. The number of amidine groups is 1. The number of hydrogen-bond donors (Lipinski definition) is 4. The zero-order valence-corrected chi connectivity index (χ0v) is 21.3. The second-order valence-corrected chi connectivity index (χ2v) is 9.08. The van der Waals surface area contributed by atoms with Crippen molar-refractivity contribution >= 4 is 40.4 Å². The van der Waals surface area contributed by atoms with Crippen LogP contribution in [0.1, 0.15) is 46.4 Å². The Hall–Kier alpha value is -4.61. The van der Waals surface area contributed by atoms with E-state index in [-0.39, 0.29) is 17.1 Å². The molecule has 12 heteroatoms. The maximum atomic E-state index is 13.2. The first kappa shape index (κ1) is 27.4. The lowest BCUT2D eigenvalue weighted by Crippen LogP contribution is -2.32. The van der Waals surface area contributed by atoms with E-state index in [1.54, 1.807) is 25.3 Å². The first-order chi connectivity index (χ1) is 18.6. The standard InChI is InChI=1S/C27H29F3N8O/c1-3-33-22-15-34-26(38-11-5-4-6-12-38)37-23(22)24(32)36-21-13-17(8-7-16(21)2)25(39)35-18-9-10-20(31)19(14-18)27(28,29)30/h3,7-10,13-15,33H,1,4-6,11-12,31H2,2H3,(H2,32,36)(H,35,39). The summed E-state index contributed by atoms with van der Waals surface area (Å²) in [5.74, 6) is 0.0180. The second kappa shape index (κ2) is 11.4. The lowest BCUT2D eigenvalue weighted by Gasteiger charge is -2.27. The zero-order valence-electron chi connectivity index (χ0n) is 21.3. The molecular formula is C27H29F3N8O. The van der Waals surface area contributed by atoms with Gasteiger partial charge in [-0.25, -0.2) is 15.0 Å². The van der Waals surface area contributed by atoms with E-state index >= 15 is 0 Å². The normalized spacial score (nSPS) is 14.2. The van der Waals surface area contributed by atoms with Crippen LogP contribution in [0.3, 0.4) is 0 Å². The number of benzene rings is 2. The van der Waals surface area contributed by atoms with Gasteiger partial charge in [0.2, 0.25) is 5.95 Å². The van der Waals surface area contributed by atoms with E-state index in [1.165, 1.54) is 18.3 Å². The number of aryl methyl sites for hydroxylation is 1. The summed E-state index contributed by atoms with van der Waals surface area (Å²) in [5.41, 5.74) is 12.5. The average molecular weight is 539 g/mol. The molecule has 0 atom stereocenters. The van der Waals surface area contributed by atoms with Crippen LogP contribution in [0.25, 0.3) is 0 Å². The Kier molecular flexibility index (Phi) is 8.03. The van der Waals surface area contributed by atoms with Gasteiger partial charge in [-0.1, -0.05) is 12.6 Å². The number of piperidine rings is 1. The van der Waals surface area contributed by atoms with Crippen LogP contribution < -0.4 is 27.0 Å². The number of amides is 1. The molecule has 1 aromatic heterocycles. The van der Waals surface area contributed by atoms with Gasteiger partial charge in [0.1, 0.15) is 5.69 Å². The number of nitrogens with one attached hydrogen (secondary N) is 2. The van der Waals surface area contributed by atoms with E-state index in [4.69, 9.17) is 11.5 Å². The molecule has 0 radical (unpaired) electrons. The Morgan fingerprint density at radius 3 is 2.59 bits per heavy atom. The molecule has 9 nitrogen and oxygen atoms in total. The van der Waals surface area contributed by atoms with E-state index in [0.717, 1.165) is 50.0 Å². The van der Waals surface area contributed by atoms with Crippen molar-refractivity contribution < 1.29 is 18.0 Å². The maximum absolute atomic E-state index is 13.2. The van der Waals surface area contributed by atoms with Crippen LogP contribution in [-0.4, -0.2) is 34.8 Å². The number of carbonyl (C=O) groups excluding carboxylic acids is 1. The van der Waals surface area contributed by atoms with Crippen molar-refractivity contribution in [2.45, 2.75) is 32.4 Å². The molecule has 6 N–H and O–H groups in total. The van der Waals surface area contributed by atoms with Gasteiger partial charge in [0.25, 0.3) is 5.91 Å². The highest BCUT2D eigenvalue weighted by atomic mass is 19.4. The van der Waals surface area contributed by atoms with Gasteiger partial charge in [-0.05, 0) is 68.3 Å². The van der Waals surface area contributed by atoms with Crippen LogP contribution in [0.2, 0.25) is 0 Å². The molecular weight excluding hydrogens is 509 g/mol. The van der Waals surface area contributed by atoms with Gasteiger partial charge in [0, 0.05) is 30.0 Å². The van der Waals surface area contributed by atoms with E-state index in [1.807, 2.05) is 0 Å². The van der Waals surface area contributed by atoms with E-state index < -0.39 is 23.3 Å². The third-order valence-electron chi connectivity index (χ3n) is 6.24. The van der Waals surface area contributed by atoms with Gasteiger partial charge in [-0.15, -0.1) is 0 Å². The molecule has 0 saturated carbocycles. The van der Waals surface area contributed by atoms with Crippen molar-refractivity contribution in [1.29, 1.82) is 0 Å². The Morgan fingerprint density at radius 1 is 1.15 bits per heavy atom.